The van der Waals surface area contributed by atoms with E-state index >= 15 is 0 Å². The van der Waals surface area contributed by atoms with Gasteiger partial charge in [0.05, 0.1) is 12.6 Å². The molecule has 0 saturated heterocycles. The van der Waals surface area contributed by atoms with Crippen LogP contribution in [0.1, 0.15) is 38.5 Å². The Balaban J connectivity index is 2.77. The summed E-state index contributed by atoms with van der Waals surface area (Å²) < 4.78 is 5.11. The molecule has 2 atom stereocenters. The van der Waals surface area contributed by atoms with Crippen molar-refractivity contribution in [3.8, 4) is 0 Å². The van der Waals surface area contributed by atoms with Crippen LogP contribution in [-0.4, -0.2) is 45.9 Å². The summed E-state index contributed by atoms with van der Waals surface area (Å²) in [5.74, 6) is 1.04. The Bertz CT molecular complexity index is 419. The number of carbonyl (C=O) groups excluding carboxylic acids is 1. The Kier molecular flexibility index (Phi) is 5.29. The molecule has 1 aromatic heterocycles. The van der Waals surface area contributed by atoms with Crippen LogP contribution < -0.4 is 5.32 Å². The average molecular weight is 270 g/mol. The number of nitrogens with zero attached hydrogens (tertiary/aromatic N) is 3. The number of hydrogen-bond donors (Lipinski definition) is 2. The smallest absolute Gasteiger partial charge is 0.318 e. The van der Waals surface area contributed by atoms with Gasteiger partial charge in [0.2, 0.25) is 5.89 Å². The number of aliphatic hydroxyl groups is 1. The number of likely N-dealkylation sites (N-methyl/N-ethyl adjacent to an activating group) is 1. The van der Waals surface area contributed by atoms with Gasteiger partial charge in [0.15, 0.2) is 5.82 Å². The van der Waals surface area contributed by atoms with Crippen molar-refractivity contribution < 1.29 is 14.4 Å². The first-order chi connectivity index (χ1) is 8.86. The molecule has 0 aromatic carbocycles. The van der Waals surface area contributed by atoms with Gasteiger partial charge in [-0.3, -0.25) is 0 Å². The van der Waals surface area contributed by atoms with Gasteiger partial charge in [-0.25, -0.2) is 4.79 Å². The number of hydrogen-bond acceptors (Lipinski definition) is 5. The number of aryl methyl sites for hydroxylation is 1. The van der Waals surface area contributed by atoms with Gasteiger partial charge in [0.1, 0.15) is 6.04 Å². The van der Waals surface area contributed by atoms with Crippen LogP contribution in [-0.2, 0) is 0 Å². The summed E-state index contributed by atoms with van der Waals surface area (Å²) in [7, 11) is 1.63. The molecule has 2 amide bonds. The average Bonchev–Trinajstić information content (AvgIpc) is 2.79. The molecule has 0 aliphatic rings. The highest BCUT2D eigenvalue weighted by Gasteiger charge is 2.26. The van der Waals surface area contributed by atoms with Gasteiger partial charge in [-0.2, -0.15) is 4.98 Å². The van der Waals surface area contributed by atoms with Crippen LogP contribution in [0, 0.1) is 12.8 Å². The van der Waals surface area contributed by atoms with Crippen LogP contribution in [0.3, 0.4) is 0 Å². The number of aromatic nitrogens is 2. The lowest BCUT2D eigenvalue weighted by Gasteiger charge is -2.27. The van der Waals surface area contributed by atoms with Gasteiger partial charge in [-0.1, -0.05) is 19.0 Å². The fraction of sp³-hybridized carbons (Fsp3) is 0.750. The van der Waals surface area contributed by atoms with E-state index in [2.05, 4.69) is 15.5 Å². The monoisotopic (exact) mass is 270 g/mol. The van der Waals surface area contributed by atoms with Gasteiger partial charge in [0, 0.05) is 7.05 Å². The molecule has 2 unspecified atom stereocenters. The van der Waals surface area contributed by atoms with Crippen LogP contribution in [0.2, 0.25) is 0 Å². The summed E-state index contributed by atoms with van der Waals surface area (Å²) in [4.78, 5) is 17.6. The first-order valence-electron chi connectivity index (χ1n) is 6.31. The number of carbonyl (C=O) groups is 1. The highest BCUT2D eigenvalue weighted by atomic mass is 16.5. The van der Waals surface area contributed by atoms with E-state index in [9.17, 15) is 4.79 Å². The lowest BCUT2D eigenvalue weighted by Crippen LogP contribution is -2.46. The van der Waals surface area contributed by atoms with Gasteiger partial charge < -0.3 is 19.8 Å². The topological polar surface area (TPSA) is 91.5 Å². The Morgan fingerprint density at radius 2 is 2.11 bits per heavy atom. The van der Waals surface area contributed by atoms with Gasteiger partial charge in [0.25, 0.3) is 0 Å². The Hall–Kier alpha value is -1.63. The van der Waals surface area contributed by atoms with Crippen LogP contribution in [0.25, 0.3) is 0 Å². The Labute approximate surface area is 113 Å². The third kappa shape index (κ3) is 3.92. The van der Waals surface area contributed by atoms with Crippen molar-refractivity contribution >= 4 is 6.03 Å². The highest BCUT2D eigenvalue weighted by Crippen LogP contribution is 2.20. The molecule has 108 valence electrons. The third-order valence-corrected chi connectivity index (χ3v) is 3.00. The predicted molar refractivity (Wildman–Crippen MR) is 69.5 cm³/mol. The van der Waals surface area contributed by atoms with Crippen LogP contribution in [0.4, 0.5) is 4.79 Å². The van der Waals surface area contributed by atoms with Crippen molar-refractivity contribution in [3.05, 3.63) is 11.7 Å². The van der Waals surface area contributed by atoms with Gasteiger partial charge in [-0.05, 0) is 19.8 Å². The van der Waals surface area contributed by atoms with E-state index < -0.39 is 0 Å². The molecule has 19 heavy (non-hydrogen) atoms. The van der Waals surface area contributed by atoms with Crippen LogP contribution in [0.5, 0.6) is 0 Å². The molecule has 1 rings (SSSR count). The molecule has 0 bridgehead atoms. The summed E-state index contributed by atoms with van der Waals surface area (Å²) in [5.41, 5.74) is 0. The lowest BCUT2D eigenvalue weighted by molar-refractivity contribution is 0.150. The third-order valence-electron chi connectivity index (χ3n) is 3.00. The second-order valence-electron chi connectivity index (χ2n) is 4.99. The second-order valence-corrected chi connectivity index (χ2v) is 4.99. The summed E-state index contributed by atoms with van der Waals surface area (Å²) in [6, 6.07) is -0.879. The molecule has 2 N–H and O–H groups in total. The van der Waals surface area contributed by atoms with E-state index in [0.717, 1.165) is 0 Å². The fourth-order valence-corrected chi connectivity index (χ4v) is 1.51. The Morgan fingerprint density at radius 1 is 1.47 bits per heavy atom. The normalized spacial score (nSPS) is 14.3. The van der Waals surface area contributed by atoms with Crippen molar-refractivity contribution in [3.63, 3.8) is 0 Å². The van der Waals surface area contributed by atoms with Crippen molar-refractivity contribution in [2.24, 2.45) is 5.92 Å². The number of nitrogens with one attached hydrogen (secondary N) is 1. The lowest BCUT2D eigenvalue weighted by atomic mass is 10.0. The minimum atomic E-state index is -0.345. The number of amides is 2. The fourth-order valence-electron chi connectivity index (χ4n) is 1.51. The molecular weight excluding hydrogens is 248 g/mol. The van der Waals surface area contributed by atoms with E-state index in [1.165, 1.54) is 4.90 Å². The van der Waals surface area contributed by atoms with E-state index in [4.69, 9.17) is 9.63 Å². The molecule has 0 aliphatic carbocycles. The molecule has 7 heteroatoms. The predicted octanol–water partition coefficient (Wildman–Crippen LogP) is 1.10. The molecule has 1 heterocycles. The van der Waals surface area contributed by atoms with Gasteiger partial charge >= 0.3 is 6.03 Å². The minimum Gasteiger partial charge on any atom is -0.394 e. The van der Waals surface area contributed by atoms with Crippen LogP contribution >= 0.6 is 0 Å². The first kappa shape index (κ1) is 15.4. The molecular formula is C12H22N4O3. The van der Waals surface area contributed by atoms with Crippen molar-refractivity contribution in [2.75, 3.05) is 13.7 Å². The highest BCUT2D eigenvalue weighted by molar-refractivity contribution is 5.74. The largest absolute Gasteiger partial charge is 0.394 e. The Morgan fingerprint density at radius 3 is 2.53 bits per heavy atom. The molecule has 0 saturated carbocycles. The molecule has 1 aromatic rings. The van der Waals surface area contributed by atoms with E-state index in [0.29, 0.717) is 11.7 Å². The summed E-state index contributed by atoms with van der Waals surface area (Å²) >= 11 is 0. The second kappa shape index (κ2) is 6.51. The first-order valence-corrected chi connectivity index (χ1v) is 6.31. The molecule has 0 aliphatic heterocycles. The maximum absolute atomic E-state index is 12.1. The standard InChI is InChI=1S/C12H22N4O3/c1-7(2)10(11-13-9(4)15-19-11)14-12(18)16(5)8(3)6-17/h7-8,10,17H,6H2,1-5H3,(H,14,18). The number of rotatable bonds is 5. The zero-order valence-corrected chi connectivity index (χ0v) is 12.0. The molecule has 0 spiro atoms. The van der Waals surface area contributed by atoms with E-state index in [-0.39, 0.29) is 30.6 Å². The summed E-state index contributed by atoms with van der Waals surface area (Å²) in [6.07, 6.45) is 0. The number of urea groups is 1. The zero-order chi connectivity index (χ0) is 14.6. The molecule has 0 fully saturated rings. The zero-order valence-electron chi connectivity index (χ0n) is 12.0. The van der Waals surface area contributed by atoms with Crippen molar-refractivity contribution in [1.82, 2.24) is 20.4 Å². The maximum atomic E-state index is 12.1. The minimum absolute atomic E-state index is 0.0874. The molecule has 0 radical (unpaired) electrons. The van der Waals surface area contributed by atoms with E-state index in [1.54, 1.807) is 20.9 Å². The maximum Gasteiger partial charge on any atom is 0.318 e. The summed E-state index contributed by atoms with van der Waals surface area (Å²) in [5, 5.41) is 15.6. The summed E-state index contributed by atoms with van der Waals surface area (Å²) in [6.45, 7) is 7.32. The molecule has 7 nitrogen and oxygen atoms in total. The quantitative estimate of drug-likeness (QED) is 0.836. The van der Waals surface area contributed by atoms with E-state index in [1.807, 2.05) is 13.8 Å². The number of aliphatic hydroxyl groups excluding tert-OH is 1. The van der Waals surface area contributed by atoms with Crippen LogP contribution in [0.15, 0.2) is 4.52 Å². The van der Waals surface area contributed by atoms with Crippen molar-refractivity contribution in [1.29, 1.82) is 0 Å². The van der Waals surface area contributed by atoms with Gasteiger partial charge in [-0.15, -0.1) is 0 Å². The van der Waals surface area contributed by atoms with Crippen molar-refractivity contribution in [2.45, 2.75) is 39.8 Å². The SMILES string of the molecule is Cc1noc(C(NC(=O)N(C)C(C)CO)C(C)C)n1.